The van der Waals surface area contributed by atoms with E-state index in [1.54, 1.807) is 0 Å². The van der Waals surface area contributed by atoms with Crippen molar-refractivity contribution in [3.05, 3.63) is 58.9 Å². The number of benzene rings is 1. The van der Waals surface area contributed by atoms with E-state index in [1.807, 2.05) is 48.1 Å². The molecule has 2 fully saturated rings. The predicted molar refractivity (Wildman–Crippen MR) is 134 cm³/mol. The van der Waals surface area contributed by atoms with Crippen LogP contribution in [0, 0.1) is 18.3 Å². The quantitative estimate of drug-likeness (QED) is 0.685. The van der Waals surface area contributed by atoms with E-state index in [0.29, 0.717) is 11.7 Å². The molecule has 2 amide bonds. The second-order valence-electron chi connectivity index (χ2n) is 10.1. The number of aryl methyl sites for hydroxylation is 1. The molecule has 3 aliphatic rings. The first-order chi connectivity index (χ1) is 16.2. The van der Waals surface area contributed by atoms with Gasteiger partial charge in [0.25, 0.3) is 0 Å². The zero-order chi connectivity index (χ0) is 24.0. The number of allylic oxidation sites excluding steroid dienone is 1. The monoisotopic (exact) mass is 459 g/mol. The molecule has 1 aromatic heterocycles. The molecule has 5 rings (SSSR count). The fraction of sp³-hybridized carbons (Fsp3) is 0.444. The highest BCUT2D eigenvalue weighted by atomic mass is 16.2. The van der Waals surface area contributed by atoms with Crippen LogP contribution in [0.2, 0.25) is 0 Å². The van der Waals surface area contributed by atoms with Gasteiger partial charge in [0.05, 0.1) is 11.8 Å². The third-order valence-electron chi connectivity index (χ3n) is 7.66. The summed E-state index contributed by atoms with van der Waals surface area (Å²) in [5.74, 6) is 1.09. The van der Waals surface area contributed by atoms with Crippen molar-refractivity contribution in [1.82, 2.24) is 15.4 Å². The van der Waals surface area contributed by atoms with E-state index in [4.69, 9.17) is 0 Å². The van der Waals surface area contributed by atoms with Crippen molar-refractivity contribution in [3.8, 4) is 0 Å². The number of amides is 2. The number of carbonyl (C=O) groups excluding carboxylic acids is 2. The first kappa shape index (κ1) is 22.6. The number of nitrogens with one attached hydrogen (secondary N) is 2. The number of nitrogens with zero attached hydrogens (tertiary/aromatic N) is 3. The highest BCUT2D eigenvalue weighted by molar-refractivity contribution is 6.01. The number of rotatable bonds is 6. The summed E-state index contributed by atoms with van der Waals surface area (Å²) < 4.78 is 0. The third-order valence-corrected chi connectivity index (χ3v) is 7.66. The number of hydrogen-bond acceptors (Lipinski definition) is 5. The lowest BCUT2D eigenvalue weighted by molar-refractivity contribution is -0.125. The van der Waals surface area contributed by atoms with Gasteiger partial charge in [-0.2, -0.15) is 0 Å². The van der Waals surface area contributed by atoms with Gasteiger partial charge < -0.3 is 15.2 Å². The molecule has 178 valence electrons. The molecule has 3 heterocycles. The van der Waals surface area contributed by atoms with E-state index in [0.717, 1.165) is 54.9 Å². The zero-order valence-electron chi connectivity index (χ0n) is 20.4. The van der Waals surface area contributed by atoms with Crippen LogP contribution < -0.4 is 15.6 Å². The molecule has 1 aromatic carbocycles. The second kappa shape index (κ2) is 8.55. The third kappa shape index (κ3) is 4.20. The fourth-order valence-electron chi connectivity index (χ4n) is 5.28. The van der Waals surface area contributed by atoms with Gasteiger partial charge in [0.15, 0.2) is 0 Å². The average molecular weight is 460 g/mol. The lowest BCUT2D eigenvalue weighted by Gasteiger charge is -2.23. The number of carbonyl (C=O) groups is 2. The van der Waals surface area contributed by atoms with Crippen LogP contribution >= 0.6 is 0 Å². The molecular formula is C27H33N5O2. The summed E-state index contributed by atoms with van der Waals surface area (Å²) >= 11 is 0. The Morgan fingerprint density at radius 2 is 2.03 bits per heavy atom. The molecule has 0 spiro atoms. The maximum Gasteiger partial charge on any atom is 0.233 e. The van der Waals surface area contributed by atoms with Gasteiger partial charge >= 0.3 is 0 Å². The molecule has 2 aliphatic heterocycles. The van der Waals surface area contributed by atoms with Gasteiger partial charge in [-0.05, 0) is 61.8 Å². The lowest BCUT2D eigenvalue weighted by atomic mass is 9.83. The number of aromatic nitrogens is 1. The smallest absolute Gasteiger partial charge is 0.233 e. The Labute approximate surface area is 201 Å². The van der Waals surface area contributed by atoms with E-state index in [9.17, 15) is 9.59 Å². The Bertz CT molecular complexity index is 1190. The van der Waals surface area contributed by atoms with Crippen molar-refractivity contribution in [2.75, 3.05) is 30.4 Å². The summed E-state index contributed by atoms with van der Waals surface area (Å²) in [6.45, 7) is 7.59. The summed E-state index contributed by atoms with van der Waals surface area (Å²) in [7, 11) is 2.00. The number of anilines is 2. The van der Waals surface area contributed by atoms with Gasteiger partial charge in [0.1, 0.15) is 5.82 Å². The minimum Gasteiger partial charge on any atom is -0.315 e. The van der Waals surface area contributed by atoms with Crippen molar-refractivity contribution in [2.45, 2.75) is 46.5 Å². The van der Waals surface area contributed by atoms with E-state index in [2.05, 4.69) is 41.7 Å². The highest BCUT2D eigenvalue weighted by Gasteiger charge is 2.52. The van der Waals surface area contributed by atoms with Gasteiger partial charge in [0.2, 0.25) is 11.8 Å². The normalized spacial score (nSPS) is 22.6. The van der Waals surface area contributed by atoms with Gasteiger partial charge in [-0.15, -0.1) is 0 Å². The van der Waals surface area contributed by atoms with Crippen molar-refractivity contribution < 1.29 is 9.59 Å². The van der Waals surface area contributed by atoms with Crippen molar-refractivity contribution in [3.63, 3.8) is 0 Å². The van der Waals surface area contributed by atoms with Crippen LogP contribution in [0.1, 0.15) is 49.9 Å². The van der Waals surface area contributed by atoms with Crippen molar-refractivity contribution >= 4 is 28.9 Å². The summed E-state index contributed by atoms with van der Waals surface area (Å²) in [6, 6.07) is 11.9. The minimum atomic E-state index is -0.247. The molecule has 34 heavy (non-hydrogen) atoms. The van der Waals surface area contributed by atoms with Crippen LogP contribution in [0.15, 0.2) is 42.1 Å². The fourth-order valence-corrected chi connectivity index (χ4v) is 5.28. The Kier molecular flexibility index (Phi) is 5.68. The molecule has 2 aromatic rings. The molecule has 1 aliphatic carbocycles. The maximum atomic E-state index is 13.2. The number of hydrazine groups is 1. The molecule has 0 bridgehead atoms. The Hall–Kier alpha value is -3.19. The standard InChI is InChI=1S/C27H33N5O2/c1-17-12-22(32-11-10-27(3,26(32)34)21-8-9-21)15-24(29-17)30-25(33)14-19-6-5-7-20(13-19)23-16-28-31(4)18(23)2/h5-7,12-13,15,21,28H,8-11,14,16H2,1-4H3,(H,29,30,33)/t27-/m0/s1. The SMILES string of the molecule is CC1=C(c2cccc(CC(=O)Nc3cc(N4CC[C@@](C)(C5CC5)C4=O)cc(C)n3)c2)CNN1C. The van der Waals surface area contributed by atoms with E-state index < -0.39 is 0 Å². The van der Waals surface area contributed by atoms with E-state index in [1.165, 1.54) is 11.3 Å². The lowest BCUT2D eigenvalue weighted by Crippen LogP contribution is -2.34. The maximum absolute atomic E-state index is 13.2. The number of pyridine rings is 1. The van der Waals surface area contributed by atoms with Gasteiger partial charge in [-0.3, -0.25) is 9.59 Å². The van der Waals surface area contributed by atoms with E-state index >= 15 is 0 Å². The molecule has 0 radical (unpaired) electrons. The van der Waals surface area contributed by atoms with Gasteiger partial charge in [0, 0.05) is 43.3 Å². The van der Waals surface area contributed by atoms with Gasteiger partial charge in [-0.25, -0.2) is 10.4 Å². The molecule has 7 nitrogen and oxygen atoms in total. The Balaban J connectivity index is 1.29. The predicted octanol–water partition coefficient (Wildman–Crippen LogP) is 3.91. The molecule has 0 unspecified atom stereocenters. The van der Waals surface area contributed by atoms with Crippen LogP contribution in [0.4, 0.5) is 11.5 Å². The summed E-state index contributed by atoms with van der Waals surface area (Å²) in [5.41, 5.74) is 9.16. The van der Waals surface area contributed by atoms with Crippen LogP contribution in [-0.4, -0.2) is 41.9 Å². The second-order valence-corrected chi connectivity index (χ2v) is 10.1. The summed E-state index contributed by atoms with van der Waals surface area (Å²) in [6.07, 6.45) is 3.45. The van der Waals surface area contributed by atoms with Crippen LogP contribution in [0.3, 0.4) is 0 Å². The molecule has 1 saturated heterocycles. The minimum absolute atomic E-state index is 0.121. The average Bonchev–Trinajstić information content (AvgIpc) is 3.54. The molecule has 1 saturated carbocycles. The highest BCUT2D eigenvalue weighted by Crippen LogP contribution is 2.52. The first-order valence-corrected chi connectivity index (χ1v) is 12.1. The van der Waals surface area contributed by atoms with Crippen LogP contribution in [0.25, 0.3) is 5.57 Å². The van der Waals surface area contributed by atoms with E-state index in [-0.39, 0.29) is 23.7 Å². The van der Waals surface area contributed by atoms with Crippen molar-refractivity contribution in [2.24, 2.45) is 11.3 Å². The molecule has 7 heteroatoms. The van der Waals surface area contributed by atoms with Crippen molar-refractivity contribution in [1.29, 1.82) is 0 Å². The Morgan fingerprint density at radius 3 is 2.74 bits per heavy atom. The number of hydrogen-bond donors (Lipinski definition) is 2. The molecular weight excluding hydrogens is 426 g/mol. The summed E-state index contributed by atoms with van der Waals surface area (Å²) in [4.78, 5) is 32.4. The van der Waals surface area contributed by atoms with Crippen LogP contribution in [-0.2, 0) is 16.0 Å². The topological polar surface area (TPSA) is 77.6 Å². The zero-order valence-corrected chi connectivity index (χ0v) is 20.4. The van der Waals surface area contributed by atoms with Gasteiger partial charge in [-0.1, -0.05) is 31.2 Å². The first-order valence-electron chi connectivity index (χ1n) is 12.1. The van der Waals surface area contributed by atoms with Crippen LogP contribution in [0.5, 0.6) is 0 Å². The Morgan fingerprint density at radius 1 is 1.24 bits per heavy atom. The summed E-state index contributed by atoms with van der Waals surface area (Å²) in [5, 5.41) is 4.97. The molecule has 2 N–H and O–H groups in total. The largest absolute Gasteiger partial charge is 0.315 e. The molecule has 1 atom stereocenters.